The maximum absolute atomic E-state index is 14.2. The second-order valence-corrected chi connectivity index (χ2v) is 9.05. The number of rotatable bonds is 9. The summed E-state index contributed by atoms with van der Waals surface area (Å²) in [6.07, 6.45) is 0.908. The fraction of sp³-hybridized carbons (Fsp3) is 0.417. The smallest absolute Gasteiger partial charge is 0.296 e. The van der Waals surface area contributed by atoms with E-state index in [0.717, 1.165) is 13.0 Å². The average molecular weight is 526 g/mol. The molecule has 12 nitrogen and oxygen atoms in total. The van der Waals surface area contributed by atoms with Gasteiger partial charge in [-0.15, -0.1) is 0 Å². The Kier molecular flexibility index (Phi) is 7.51. The van der Waals surface area contributed by atoms with Gasteiger partial charge in [0.25, 0.3) is 6.43 Å². The SMILES string of the molecule is CN(C)CCCN(c1ncc(N)cn1)c1nc(N2CCOCC2)nc(-n2c(C(F)F)nc3ccccc32)n1. The Morgan fingerprint density at radius 1 is 0.947 bits per heavy atom. The van der Waals surface area contributed by atoms with Gasteiger partial charge in [-0.2, -0.15) is 15.0 Å². The molecule has 1 saturated heterocycles. The van der Waals surface area contributed by atoms with Crippen LogP contribution >= 0.6 is 0 Å². The first kappa shape index (κ1) is 25.6. The Morgan fingerprint density at radius 3 is 2.37 bits per heavy atom. The first-order valence-electron chi connectivity index (χ1n) is 12.2. The van der Waals surface area contributed by atoms with E-state index in [4.69, 9.17) is 15.5 Å². The molecule has 4 heterocycles. The number of fused-ring (bicyclic) bond motifs is 1. The van der Waals surface area contributed by atoms with Gasteiger partial charge in [0.15, 0.2) is 5.82 Å². The third kappa shape index (κ3) is 5.45. The predicted molar refractivity (Wildman–Crippen MR) is 139 cm³/mol. The fourth-order valence-electron chi connectivity index (χ4n) is 4.18. The van der Waals surface area contributed by atoms with E-state index in [1.54, 1.807) is 29.2 Å². The minimum absolute atomic E-state index is 0.0357. The summed E-state index contributed by atoms with van der Waals surface area (Å²) in [4.78, 5) is 32.7. The van der Waals surface area contributed by atoms with E-state index in [9.17, 15) is 8.78 Å². The van der Waals surface area contributed by atoms with Crippen molar-refractivity contribution in [3.63, 3.8) is 0 Å². The van der Waals surface area contributed by atoms with Crippen LogP contribution in [0.3, 0.4) is 0 Å². The number of para-hydroxylation sites is 2. The molecule has 0 spiro atoms. The summed E-state index contributed by atoms with van der Waals surface area (Å²) in [5.41, 5.74) is 7.12. The molecular weight excluding hydrogens is 496 g/mol. The zero-order chi connectivity index (χ0) is 26.6. The molecule has 3 aromatic heterocycles. The van der Waals surface area contributed by atoms with Crippen LogP contribution in [0.5, 0.6) is 0 Å². The van der Waals surface area contributed by atoms with Crippen molar-refractivity contribution in [1.29, 1.82) is 0 Å². The van der Waals surface area contributed by atoms with Gasteiger partial charge in [0.1, 0.15) is 0 Å². The minimum Gasteiger partial charge on any atom is -0.396 e. The number of hydrogen-bond donors (Lipinski definition) is 1. The van der Waals surface area contributed by atoms with Crippen LogP contribution in [0, 0.1) is 0 Å². The molecule has 0 bridgehead atoms. The van der Waals surface area contributed by atoms with Gasteiger partial charge >= 0.3 is 0 Å². The van der Waals surface area contributed by atoms with Crippen LogP contribution in [0.15, 0.2) is 36.7 Å². The highest BCUT2D eigenvalue weighted by atomic mass is 19.3. The predicted octanol–water partition coefficient (Wildman–Crippen LogP) is 2.45. The Bertz CT molecular complexity index is 1370. The largest absolute Gasteiger partial charge is 0.396 e. The lowest BCUT2D eigenvalue weighted by Crippen LogP contribution is -2.38. The molecule has 0 unspecified atom stereocenters. The van der Waals surface area contributed by atoms with E-state index in [1.165, 1.54) is 17.0 Å². The van der Waals surface area contributed by atoms with E-state index in [-0.39, 0.29) is 11.9 Å². The molecule has 0 amide bonds. The van der Waals surface area contributed by atoms with Crippen molar-refractivity contribution in [3.8, 4) is 5.95 Å². The third-order valence-corrected chi connectivity index (χ3v) is 6.00. The lowest BCUT2D eigenvalue weighted by molar-refractivity contribution is 0.122. The van der Waals surface area contributed by atoms with Crippen LogP contribution in [0.1, 0.15) is 18.7 Å². The highest BCUT2D eigenvalue weighted by Crippen LogP contribution is 2.29. The number of benzene rings is 1. The molecule has 1 aliphatic rings. The van der Waals surface area contributed by atoms with Gasteiger partial charge in [-0.25, -0.2) is 23.7 Å². The first-order valence-corrected chi connectivity index (χ1v) is 12.2. The molecule has 1 fully saturated rings. The molecule has 0 aliphatic carbocycles. The maximum Gasteiger partial charge on any atom is 0.296 e. The highest BCUT2D eigenvalue weighted by Gasteiger charge is 2.26. The molecule has 0 radical (unpaired) electrons. The number of nitrogen functional groups attached to an aromatic ring is 1. The maximum atomic E-state index is 14.2. The van der Waals surface area contributed by atoms with E-state index in [0.29, 0.717) is 61.5 Å². The standard InChI is InChI=1S/C24H29F2N11O/c1-34(2)8-5-9-36(21-28-14-16(27)15-29-21)23-31-22(35-10-12-38-13-11-35)32-24(33-23)37-18-7-4-3-6-17(18)30-20(37)19(25)26/h3-4,6-7,14-15,19H,5,8-13,27H2,1-2H3. The Hall–Kier alpha value is -4.04. The summed E-state index contributed by atoms with van der Waals surface area (Å²) in [6, 6.07) is 6.90. The van der Waals surface area contributed by atoms with E-state index >= 15 is 0 Å². The number of nitrogens with zero attached hydrogens (tertiary/aromatic N) is 10. The van der Waals surface area contributed by atoms with Gasteiger partial charge in [0, 0.05) is 19.6 Å². The number of hydrogen-bond acceptors (Lipinski definition) is 11. The van der Waals surface area contributed by atoms with Crippen LogP contribution in [0.2, 0.25) is 0 Å². The van der Waals surface area contributed by atoms with Gasteiger partial charge in [-0.3, -0.25) is 9.47 Å². The van der Waals surface area contributed by atoms with E-state index < -0.39 is 12.2 Å². The zero-order valence-electron chi connectivity index (χ0n) is 21.2. The molecule has 2 N–H and O–H groups in total. The van der Waals surface area contributed by atoms with Crippen LogP contribution in [0.4, 0.5) is 32.3 Å². The Balaban J connectivity index is 1.68. The molecule has 0 saturated carbocycles. The van der Waals surface area contributed by atoms with Gasteiger partial charge in [0.2, 0.25) is 23.8 Å². The quantitative estimate of drug-likeness (QED) is 0.346. The van der Waals surface area contributed by atoms with Crippen molar-refractivity contribution in [2.45, 2.75) is 12.8 Å². The first-order chi connectivity index (χ1) is 18.4. The Morgan fingerprint density at radius 2 is 1.66 bits per heavy atom. The molecule has 0 atom stereocenters. The van der Waals surface area contributed by atoms with Crippen molar-refractivity contribution >= 4 is 34.6 Å². The molecular formula is C24H29F2N11O. The molecule has 38 heavy (non-hydrogen) atoms. The van der Waals surface area contributed by atoms with Gasteiger partial charge in [0.05, 0.1) is 42.3 Å². The lowest BCUT2D eigenvalue weighted by Gasteiger charge is -2.28. The third-order valence-electron chi connectivity index (χ3n) is 6.00. The second kappa shape index (κ2) is 11.1. The Labute approximate surface area is 218 Å². The van der Waals surface area contributed by atoms with Gasteiger partial charge in [-0.05, 0) is 39.2 Å². The molecule has 4 aromatic rings. The van der Waals surface area contributed by atoms with Crippen molar-refractivity contribution < 1.29 is 13.5 Å². The van der Waals surface area contributed by atoms with Crippen molar-refractivity contribution in [2.24, 2.45) is 0 Å². The number of halogens is 2. The molecule has 1 aromatic carbocycles. The number of aromatic nitrogens is 7. The second-order valence-electron chi connectivity index (χ2n) is 9.05. The molecule has 200 valence electrons. The highest BCUT2D eigenvalue weighted by molar-refractivity contribution is 5.77. The van der Waals surface area contributed by atoms with Gasteiger partial charge in [-0.1, -0.05) is 12.1 Å². The summed E-state index contributed by atoms with van der Waals surface area (Å²) >= 11 is 0. The number of imidazole rings is 1. The summed E-state index contributed by atoms with van der Waals surface area (Å²) in [5.74, 6) is 0.512. The summed E-state index contributed by atoms with van der Waals surface area (Å²) in [7, 11) is 3.97. The molecule has 5 rings (SSSR count). The van der Waals surface area contributed by atoms with Crippen molar-refractivity contribution in [3.05, 3.63) is 42.5 Å². The molecule has 1 aliphatic heterocycles. The van der Waals surface area contributed by atoms with Crippen LogP contribution in [-0.4, -0.2) is 92.9 Å². The normalized spacial score (nSPS) is 14.1. The minimum atomic E-state index is -2.84. The number of alkyl halides is 2. The van der Waals surface area contributed by atoms with Crippen LogP contribution < -0.4 is 15.5 Å². The fourth-order valence-corrected chi connectivity index (χ4v) is 4.18. The van der Waals surface area contributed by atoms with Gasteiger partial charge < -0.3 is 20.3 Å². The summed E-state index contributed by atoms with van der Waals surface area (Å²) < 4.78 is 35.1. The summed E-state index contributed by atoms with van der Waals surface area (Å²) in [5, 5.41) is 0. The van der Waals surface area contributed by atoms with E-state index in [2.05, 4.69) is 29.8 Å². The molecule has 14 heteroatoms. The monoisotopic (exact) mass is 525 g/mol. The summed E-state index contributed by atoms with van der Waals surface area (Å²) in [6.45, 7) is 3.37. The van der Waals surface area contributed by atoms with Crippen LogP contribution in [0.25, 0.3) is 17.0 Å². The van der Waals surface area contributed by atoms with Crippen molar-refractivity contribution in [2.75, 3.05) is 69.0 Å². The number of ether oxygens (including phenoxy) is 1. The number of morpholine rings is 1. The lowest BCUT2D eigenvalue weighted by atomic mass is 10.3. The van der Waals surface area contributed by atoms with E-state index in [1.807, 2.05) is 19.0 Å². The van der Waals surface area contributed by atoms with Crippen LogP contribution in [-0.2, 0) is 4.74 Å². The number of anilines is 4. The average Bonchev–Trinajstić information content (AvgIpc) is 3.32. The topological polar surface area (TPSA) is 127 Å². The van der Waals surface area contributed by atoms with Crippen molar-refractivity contribution in [1.82, 2.24) is 39.4 Å². The zero-order valence-corrected chi connectivity index (χ0v) is 21.2. The number of nitrogens with two attached hydrogens (primary N) is 1.